The number of aromatic amines is 1. The maximum atomic E-state index is 4.45. The second-order valence-corrected chi connectivity index (χ2v) is 4.06. The minimum Gasteiger partial charge on any atom is -0.282 e. The maximum absolute atomic E-state index is 4.45. The zero-order valence-electron chi connectivity index (χ0n) is 9.89. The molecular formula is C11H12N6. The van der Waals surface area contributed by atoms with E-state index < -0.39 is 0 Å². The van der Waals surface area contributed by atoms with Gasteiger partial charge in [0.05, 0.1) is 11.6 Å². The molecule has 3 rings (SSSR count). The Balaban J connectivity index is 2.35. The Labute approximate surface area is 97.7 Å². The number of aryl methyl sites for hydroxylation is 3. The Morgan fingerprint density at radius 2 is 2.06 bits per heavy atom. The van der Waals surface area contributed by atoms with Gasteiger partial charge in [0.25, 0.3) is 0 Å². The molecule has 3 heterocycles. The fourth-order valence-corrected chi connectivity index (χ4v) is 1.87. The van der Waals surface area contributed by atoms with Gasteiger partial charge in [0.15, 0.2) is 5.65 Å². The number of H-pyrrole nitrogens is 1. The van der Waals surface area contributed by atoms with Crippen LogP contribution in [0.1, 0.15) is 11.5 Å². The molecule has 0 aliphatic heterocycles. The van der Waals surface area contributed by atoms with Crippen LogP contribution in [0.4, 0.5) is 0 Å². The first-order chi connectivity index (χ1) is 8.15. The third-order valence-electron chi connectivity index (χ3n) is 2.65. The quantitative estimate of drug-likeness (QED) is 0.682. The summed E-state index contributed by atoms with van der Waals surface area (Å²) in [5.41, 5.74) is 3.48. The van der Waals surface area contributed by atoms with Crippen LogP contribution in [0.15, 0.2) is 12.3 Å². The first-order valence-corrected chi connectivity index (χ1v) is 5.34. The molecule has 0 saturated heterocycles. The normalized spacial score (nSPS) is 11.2. The Hall–Kier alpha value is -2.24. The zero-order chi connectivity index (χ0) is 12.0. The van der Waals surface area contributed by atoms with Gasteiger partial charge < -0.3 is 0 Å². The Kier molecular flexibility index (Phi) is 1.98. The van der Waals surface area contributed by atoms with Crippen molar-refractivity contribution >= 4 is 11.0 Å². The molecule has 86 valence electrons. The van der Waals surface area contributed by atoms with Gasteiger partial charge in [0.2, 0.25) is 0 Å². The highest BCUT2D eigenvalue weighted by Crippen LogP contribution is 2.24. The molecule has 3 aromatic rings. The number of hydrogen-bond donors (Lipinski definition) is 1. The summed E-state index contributed by atoms with van der Waals surface area (Å²) in [4.78, 5) is 8.83. The topological polar surface area (TPSA) is 72.3 Å². The fourth-order valence-electron chi connectivity index (χ4n) is 1.87. The van der Waals surface area contributed by atoms with E-state index in [9.17, 15) is 0 Å². The lowest BCUT2D eigenvalue weighted by atomic mass is 10.2. The van der Waals surface area contributed by atoms with Gasteiger partial charge in [0, 0.05) is 12.7 Å². The van der Waals surface area contributed by atoms with Gasteiger partial charge in [-0.25, -0.2) is 9.97 Å². The van der Waals surface area contributed by atoms with Gasteiger partial charge in [0.1, 0.15) is 17.2 Å². The van der Waals surface area contributed by atoms with Crippen LogP contribution >= 0.6 is 0 Å². The van der Waals surface area contributed by atoms with Crippen LogP contribution in [-0.2, 0) is 7.05 Å². The summed E-state index contributed by atoms with van der Waals surface area (Å²) in [6, 6.07) is 1.97. The van der Waals surface area contributed by atoms with Crippen LogP contribution in [0, 0.1) is 13.8 Å². The highest BCUT2D eigenvalue weighted by atomic mass is 15.3. The molecule has 1 N–H and O–H groups in total. The highest BCUT2D eigenvalue weighted by Gasteiger charge is 2.13. The standard InChI is InChI=1S/C11H12N6/c1-6-4-9(16-15-6)10-8-5-12-17(3)11(8)14-7(2)13-10/h4-5H,1-3H3,(H,15,16). The first kappa shape index (κ1) is 9.95. The molecule has 0 atom stereocenters. The summed E-state index contributed by atoms with van der Waals surface area (Å²) in [7, 11) is 1.87. The number of rotatable bonds is 1. The molecule has 0 aromatic carbocycles. The van der Waals surface area contributed by atoms with Crippen molar-refractivity contribution in [2.45, 2.75) is 13.8 Å². The molecule has 0 saturated carbocycles. The highest BCUT2D eigenvalue weighted by molar-refractivity contribution is 5.89. The van der Waals surface area contributed by atoms with E-state index >= 15 is 0 Å². The van der Waals surface area contributed by atoms with Crippen molar-refractivity contribution in [2.24, 2.45) is 7.05 Å². The number of nitrogens with one attached hydrogen (secondary N) is 1. The Morgan fingerprint density at radius 3 is 2.76 bits per heavy atom. The number of aromatic nitrogens is 6. The molecule has 0 aliphatic rings. The fraction of sp³-hybridized carbons (Fsp3) is 0.273. The molecule has 0 amide bonds. The van der Waals surface area contributed by atoms with E-state index in [0.29, 0.717) is 0 Å². The lowest BCUT2D eigenvalue weighted by Gasteiger charge is -2.00. The molecule has 6 heteroatoms. The summed E-state index contributed by atoms with van der Waals surface area (Å²) in [5.74, 6) is 0.719. The van der Waals surface area contributed by atoms with Crippen molar-refractivity contribution in [3.8, 4) is 11.4 Å². The van der Waals surface area contributed by atoms with E-state index in [4.69, 9.17) is 0 Å². The number of hydrogen-bond acceptors (Lipinski definition) is 4. The monoisotopic (exact) mass is 228 g/mol. The molecule has 0 bridgehead atoms. The Bertz CT molecular complexity index is 693. The van der Waals surface area contributed by atoms with Crippen LogP contribution in [0.25, 0.3) is 22.4 Å². The summed E-state index contributed by atoms with van der Waals surface area (Å²) < 4.78 is 1.74. The predicted molar refractivity (Wildman–Crippen MR) is 63.4 cm³/mol. The lowest BCUT2D eigenvalue weighted by molar-refractivity contribution is 0.783. The summed E-state index contributed by atoms with van der Waals surface area (Å²) in [6.45, 7) is 3.83. The summed E-state index contributed by atoms with van der Waals surface area (Å²) >= 11 is 0. The molecule has 0 spiro atoms. The van der Waals surface area contributed by atoms with Crippen molar-refractivity contribution < 1.29 is 0 Å². The molecular weight excluding hydrogens is 216 g/mol. The van der Waals surface area contributed by atoms with Crippen LogP contribution < -0.4 is 0 Å². The van der Waals surface area contributed by atoms with Crippen molar-refractivity contribution in [1.82, 2.24) is 29.9 Å². The molecule has 0 aliphatic carbocycles. The van der Waals surface area contributed by atoms with Gasteiger partial charge in [-0.2, -0.15) is 10.2 Å². The zero-order valence-corrected chi connectivity index (χ0v) is 9.89. The van der Waals surface area contributed by atoms with E-state index in [2.05, 4.69) is 25.3 Å². The largest absolute Gasteiger partial charge is 0.282 e. The van der Waals surface area contributed by atoms with Gasteiger partial charge >= 0.3 is 0 Å². The van der Waals surface area contributed by atoms with Crippen molar-refractivity contribution in [3.63, 3.8) is 0 Å². The molecule has 0 radical (unpaired) electrons. The smallest absolute Gasteiger partial charge is 0.161 e. The SMILES string of the molecule is Cc1nc(-c2cc(C)[nH]n2)c2cnn(C)c2n1. The van der Waals surface area contributed by atoms with Crippen LogP contribution in [-0.4, -0.2) is 29.9 Å². The van der Waals surface area contributed by atoms with Crippen LogP contribution in [0.5, 0.6) is 0 Å². The molecule has 0 unspecified atom stereocenters. The molecule has 0 fully saturated rings. The Morgan fingerprint density at radius 1 is 1.24 bits per heavy atom. The van der Waals surface area contributed by atoms with Crippen molar-refractivity contribution in [3.05, 3.63) is 23.8 Å². The molecule has 3 aromatic heterocycles. The number of nitrogens with zero attached hydrogens (tertiary/aromatic N) is 5. The molecule has 17 heavy (non-hydrogen) atoms. The van der Waals surface area contributed by atoms with Crippen LogP contribution in [0.3, 0.4) is 0 Å². The lowest BCUT2D eigenvalue weighted by Crippen LogP contribution is -1.97. The summed E-state index contributed by atoms with van der Waals surface area (Å²) in [6.07, 6.45) is 1.77. The molecule has 6 nitrogen and oxygen atoms in total. The van der Waals surface area contributed by atoms with E-state index in [1.807, 2.05) is 27.0 Å². The van der Waals surface area contributed by atoms with E-state index in [1.54, 1.807) is 10.9 Å². The van der Waals surface area contributed by atoms with E-state index in [1.165, 1.54) is 0 Å². The minimum absolute atomic E-state index is 0.719. The van der Waals surface area contributed by atoms with Gasteiger partial charge in [-0.3, -0.25) is 9.78 Å². The van der Waals surface area contributed by atoms with Gasteiger partial charge in [-0.15, -0.1) is 0 Å². The third kappa shape index (κ3) is 1.49. The maximum Gasteiger partial charge on any atom is 0.161 e. The summed E-state index contributed by atoms with van der Waals surface area (Å²) in [5, 5.41) is 12.3. The van der Waals surface area contributed by atoms with Crippen molar-refractivity contribution in [1.29, 1.82) is 0 Å². The van der Waals surface area contributed by atoms with Crippen LogP contribution in [0.2, 0.25) is 0 Å². The second kappa shape index (κ2) is 3.38. The van der Waals surface area contributed by atoms with Gasteiger partial charge in [-0.05, 0) is 19.9 Å². The average Bonchev–Trinajstić information content (AvgIpc) is 2.86. The van der Waals surface area contributed by atoms with E-state index in [-0.39, 0.29) is 0 Å². The predicted octanol–water partition coefficient (Wildman–Crippen LogP) is 1.37. The average molecular weight is 228 g/mol. The van der Waals surface area contributed by atoms with Gasteiger partial charge in [-0.1, -0.05) is 0 Å². The first-order valence-electron chi connectivity index (χ1n) is 5.34. The minimum atomic E-state index is 0.719. The van der Waals surface area contributed by atoms with E-state index in [0.717, 1.165) is 33.9 Å². The third-order valence-corrected chi connectivity index (χ3v) is 2.65. The second-order valence-electron chi connectivity index (χ2n) is 4.06. The number of fused-ring (bicyclic) bond motifs is 1. The van der Waals surface area contributed by atoms with Crippen molar-refractivity contribution in [2.75, 3.05) is 0 Å².